The van der Waals surface area contributed by atoms with Crippen molar-refractivity contribution in [3.05, 3.63) is 24.3 Å². The van der Waals surface area contributed by atoms with E-state index >= 15 is 0 Å². The largest absolute Gasteiger partial charge is 0.377 e. The fourth-order valence-corrected chi connectivity index (χ4v) is 1.92. The highest BCUT2D eigenvalue weighted by Gasteiger charge is 1.90. The van der Waals surface area contributed by atoms with Gasteiger partial charge in [0.15, 0.2) is 0 Å². The maximum Gasteiger partial charge on any atom is 0.0647 e. The molecule has 0 bridgehead atoms. The Hall–Kier alpha value is -0.560. The molecular formula is C15H26O. The third kappa shape index (κ3) is 8.72. The molecule has 0 spiro atoms. The van der Waals surface area contributed by atoms with E-state index in [9.17, 15) is 0 Å². The van der Waals surface area contributed by atoms with Crippen molar-refractivity contribution in [2.45, 2.75) is 57.8 Å². The lowest BCUT2D eigenvalue weighted by atomic mass is 10.1. The zero-order valence-corrected chi connectivity index (χ0v) is 10.5. The first-order valence-electron chi connectivity index (χ1n) is 6.88. The van der Waals surface area contributed by atoms with Gasteiger partial charge >= 0.3 is 0 Å². The lowest BCUT2D eigenvalue weighted by Crippen LogP contribution is -1.94. The van der Waals surface area contributed by atoms with Crippen LogP contribution in [0.15, 0.2) is 24.3 Å². The van der Waals surface area contributed by atoms with Gasteiger partial charge in [-0.15, -0.1) is 0 Å². The van der Waals surface area contributed by atoms with Crippen molar-refractivity contribution in [1.29, 1.82) is 0 Å². The molecule has 1 nitrogen and oxygen atoms in total. The quantitative estimate of drug-likeness (QED) is 0.542. The Labute approximate surface area is 101 Å². The van der Waals surface area contributed by atoms with Crippen LogP contribution in [-0.4, -0.2) is 13.2 Å². The molecule has 0 atom stereocenters. The second-order valence-corrected chi connectivity index (χ2v) is 4.51. The van der Waals surface area contributed by atoms with Crippen molar-refractivity contribution in [3.63, 3.8) is 0 Å². The summed E-state index contributed by atoms with van der Waals surface area (Å²) in [6, 6.07) is 0. The molecule has 1 rings (SSSR count). The van der Waals surface area contributed by atoms with E-state index in [1.165, 1.54) is 57.8 Å². The number of hydrogen-bond acceptors (Lipinski definition) is 1. The molecule has 0 aromatic rings. The average molecular weight is 222 g/mol. The fourth-order valence-electron chi connectivity index (χ4n) is 1.92. The highest BCUT2D eigenvalue weighted by Crippen LogP contribution is 2.07. The summed E-state index contributed by atoms with van der Waals surface area (Å²) < 4.78 is 5.53. The zero-order chi connectivity index (χ0) is 11.3. The summed E-state index contributed by atoms with van der Waals surface area (Å²) >= 11 is 0. The molecule has 0 saturated heterocycles. The van der Waals surface area contributed by atoms with Crippen LogP contribution in [0.3, 0.4) is 0 Å². The number of hydrogen-bond donors (Lipinski definition) is 0. The molecule has 0 fully saturated rings. The van der Waals surface area contributed by atoms with Crippen molar-refractivity contribution in [3.8, 4) is 0 Å². The molecule has 0 aromatic heterocycles. The van der Waals surface area contributed by atoms with E-state index < -0.39 is 0 Å². The van der Waals surface area contributed by atoms with Crippen molar-refractivity contribution in [2.75, 3.05) is 13.2 Å². The Morgan fingerprint density at radius 3 is 1.81 bits per heavy atom. The van der Waals surface area contributed by atoms with Crippen LogP contribution in [0.1, 0.15) is 57.8 Å². The maximum atomic E-state index is 5.53. The first kappa shape index (κ1) is 13.5. The van der Waals surface area contributed by atoms with Gasteiger partial charge in [0.1, 0.15) is 0 Å². The lowest BCUT2D eigenvalue weighted by molar-refractivity contribution is 0.157. The van der Waals surface area contributed by atoms with E-state index in [-0.39, 0.29) is 0 Å². The van der Waals surface area contributed by atoms with Crippen LogP contribution in [-0.2, 0) is 4.74 Å². The molecule has 0 aromatic carbocycles. The molecule has 92 valence electrons. The molecule has 0 N–H and O–H groups in total. The van der Waals surface area contributed by atoms with Gasteiger partial charge in [-0.05, 0) is 44.9 Å². The van der Waals surface area contributed by atoms with Crippen molar-refractivity contribution >= 4 is 0 Å². The molecule has 0 saturated carbocycles. The van der Waals surface area contributed by atoms with E-state index in [1.807, 2.05) is 0 Å². The second kappa shape index (κ2) is 10.9. The summed E-state index contributed by atoms with van der Waals surface area (Å²) in [5, 5.41) is 0. The molecular weight excluding hydrogens is 196 g/mol. The topological polar surface area (TPSA) is 9.23 Å². The molecule has 0 amide bonds. The number of allylic oxidation sites excluding steroid dienone is 3. The Balaban J connectivity index is 2.14. The minimum absolute atomic E-state index is 0.805. The predicted molar refractivity (Wildman–Crippen MR) is 70.7 cm³/mol. The van der Waals surface area contributed by atoms with Gasteiger partial charge in [0, 0.05) is 6.61 Å². The molecule has 1 aliphatic rings. The highest BCUT2D eigenvalue weighted by molar-refractivity contribution is 4.83. The normalized spacial score (nSPS) is 24.0. The minimum atomic E-state index is 0.805. The van der Waals surface area contributed by atoms with Gasteiger partial charge in [-0.3, -0.25) is 0 Å². The average Bonchev–Trinajstić information content (AvgIpc) is 2.29. The monoisotopic (exact) mass is 222 g/mol. The smallest absolute Gasteiger partial charge is 0.0647 e. The Bertz CT molecular complexity index is 174. The van der Waals surface area contributed by atoms with Crippen LogP contribution in [0, 0.1) is 0 Å². The van der Waals surface area contributed by atoms with Gasteiger partial charge in [0.25, 0.3) is 0 Å². The molecule has 1 heteroatoms. The third-order valence-electron chi connectivity index (χ3n) is 2.95. The first-order valence-corrected chi connectivity index (χ1v) is 6.88. The lowest BCUT2D eigenvalue weighted by Gasteiger charge is -2.01. The maximum absolute atomic E-state index is 5.53. The van der Waals surface area contributed by atoms with Gasteiger partial charge in [-0.2, -0.15) is 0 Å². The molecule has 1 heterocycles. The number of ether oxygens (including phenoxy) is 1. The highest BCUT2D eigenvalue weighted by atomic mass is 16.5. The van der Waals surface area contributed by atoms with E-state index in [2.05, 4.69) is 24.3 Å². The predicted octanol–water partition coefficient (Wildman–Crippen LogP) is 4.64. The second-order valence-electron chi connectivity index (χ2n) is 4.51. The van der Waals surface area contributed by atoms with E-state index in [4.69, 9.17) is 4.74 Å². The van der Waals surface area contributed by atoms with Crippen molar-refractivity contribution in [1.82, 2.24) is 0 Å². The summed E-state index contributed by atoms with van der Waals surface area (Å²) in [6.07, 6.45) is 20.7. The summed E-state index contributed by atoms with van der Waals surface area (Å²) in [5.41, 5.74) is 0. The third-order valence-corrected chi connectivity index (χ3v) is 2.95. The zero-order valence-electron chi connectivity index (χ0n) is 10.5. The van der Waals surface area contributed by atoms with Crippen molar-refractivity contribution < 1.29 is 4.74 Å². The molecule has 1 aliphatic heterocycles. The van der Waals surface area contributed by atoms with Gasteiger partial charge in [-0.1, -0.05) is 37.1 Å². The molecule has 0 radical (unpaired) electrons. The Kier molecular flexibility index (Phi) is 9.24. The SMILES string of the molecule is C1=CCOCCCCC/C=C/CCCCC1. The summed E-state index contributed by atoms with van der Waals surface area (Å²) in [5.74, 6) is 0. The van der Waals surface area contributed by atoms with Crippen LogP contribution in [0.4, 0.5) is 0 Å². The molecule has 0 unspecified atom stereocenters. The van der Waals surface area contributed by atoms with Gasteiger partial charge in [0.2, 0.25) is 0 Å². The summed E-state index contributed by atoms with van der Waals surface area (Å²) in [6.45, 7) is 1.73. The van der Waals surface area contributed by atoms with E-state index in [0.717, 1.165) is 13.2 Å². The summed E-state index contributed by atoms with van der Waals surface area (Å²) in [7, 11) is 0. The molecule has 16 heavy (non-hydrogen) atoms. The summed E-state index contributed by atoms with van der Waals surface area (Å²) in [4.78, 5) is 0. The van der Waals surface area contributed by atoms with Gasteiger partial charge in [-0.25, -0.2) is 0 Å². The Morgan fingerprint density at radius 1 is 0.562 bits per heavy atom. The van der Waals surface area contributed by atoms with Gasteiger partial charge < -0.3 is 4.74 Å². The minimum Gasteiger partial charge on any atom is -0.377 e. The molecule has 0 aliphatic carbocycles. The first-order chi connectivity index (χ1) is 8.00. The fraction of sp³-hybridized carbons (Fsp3) is 0.733. The van der Waals surface area contributed by atoms with E-state index in [1.54, 1.807) is 0 Å². The van der Waals surface area contributed by atoms with Crippen LogP contribution in [0.25, 0.3) is 0 Å². The van der Waals surface area contributed by atoms with Gasteiger partial charge in [0.05, 0.1) is 6.61 Å². The van der Waals surface area contributed by atoms with E-state index in [0.29, 0.717) is 0 Å². The van der Waals surface area contributed by atoms with Crippen LogP contribution in [0.5, 0.6) is 0 Å². The number of rotatable bonds is 0. The standard InChI is InChI=1S/C15H26O/c1-2-4-6-8-10-12-14-16-15-13-11-9-7-5-3-1/h2,4,11,13H,1,3,5-10,12,14-15H2/b4-2+,13-11?. The van der Waals surface area contributed by atoms with Crippen molar-refractivity contribution in [2.24, 2.45) is 0 Å². The van der Waals surface area contributed by atoms with Crippen LogP contribution < -0.4 is 0 Å². The Morgan fingerprint density at radius 2 is 1.12 bits per heavy atom. The van der Waals surface area contributed by atoms with Crippen LogP contribution >= 0.6 is 0 Å². The van der Waals surface area contributed by atoms with Crippen LogP contribution in [0.2, 0.25) is 0 Å².